The molecule has 0 saturated heterocycles. The third-order valence-corrected chi connectivity index (χ3v) is 6.53. The van der Waals surface area contributed by atoms with Crippen molar-refractivity contribution in [3.05, 3.63) is 88.7 Å². The molecule has 0 aliphatic carbocycles. The summed E-state index contributed by atoms with van der Waals surface area (Å²) in [7, 11) is 0. The van der Waals surface area contributed by atoms with Gasteiger partial charge in [0.2, 0.25) is 0 Å². The van der Waals surface area contributed by atoms with Crippen LogP contribution in [0.15, 0.2) is 64.8 Å². The number of carbonyl (C=O) groups excluding carboxylic acids is 1. The molecule has 1 radical (unpaired) electrons. The summed E-state index contributed by atoms with van der Waals surface area (Å²) in [5, 5.41) is 8.36. The molecule has 0 aliphatic heterocycles. The van der Waals surface area contributed by atoms with Crippen LogP contribution in [0.3, 0.4) is 0 Å². The second kappa shape index (κ2) is 13.6. The molecular weight excluding hydrogens is 675 g/mol. The van der Waals surface area contributed by atoms with Gasteiger partial charge in [-0.2, -0.15) is 0 Å². The number of carbonyl (C=O) groups is 1. The minimum atomic E-state index is -0.125. The number of fused-ring (bicyclic) bond motifs is 1. The molecule has 0 spiro atoms. The zero-order chi connectivity index (χ0) is 29.1. The summed E-state index contributed by atoms with van der Waals surface area (Å²) in [4.78, 5) is 15.0. The Morgan fingerprint density at radius 3 is 2.02 bits per heavy atom. The Bertz CT molecular complexity index is 1470. The van der Waals surface area contributed by atoms with Crippen molar-refractivity contribution in [1.82, 2.24) is 4.98 Å². The van der Waals surface area contributed by atoms with Crippen molar-refractivity contribution < 1.29 is 34.4 Å². The number of benzene rings is 2. The predicted molar refractivity (Wildman–Crippen MR) is 162 cm³/mol. The first kappa shape index (κ1) is 33.2. The van der Waals surface area contributed by atoms with Gasteiger partial charge in [-0.25, -0.2) is 0 Å². The van der Waals surface area contributed by atoms with E-state index < -0.39 is 0 Å². The smallest absolute Gasteiger partial charge is 0.155 e. The Morgan fingerprint density at radius 1 is 0.950 bits per heavy atom. The van der Waals surface area contributed by atoms with Crippen molar-refractivity contribution in [2.75, 3.05) is 0 Å². The van der Waals surface area contributed by atoms with Crippen molar-refractivity contribution >= 4 is 16.9 Å². The van der Waals surface area contributed by atoms with Crippen LogP contribution in [0, 0.1) is 13.0 Å². The standard InChI is InChI=1S/C30H34NO.C5H8O2.Ir/c1-18(2)21-13-22(19(3)4)15-24(14-21)29-17-27-28(32-29)10-9-26(31-27)23-11-20(5)12-25(16-23)30(6,7)8;1-4(6)3-5(2)7;/h9-10,12-19H,1-8H3;3,6H,1-2H3;/q-1;;/b;4-3-;. The second-order valence-electron chi connectivity index (χ2n) is 12.0. The molecule has 1 N–H and O–H groups in total. The van der Waals surface area contributed by atoms with Gasteiger partial charge in [0.15, 0.2) is 11.4 Å². The van der Waals surface area contributed by atoms with Gasteiger partial charge in [0.1, 0.15) is 5.76 Å². The van der Waals surface area contributed by atoms with Crippen LogP contribution in [0.1, 0.15) is 96.4 Å². The van der Waals surface area contributed by atoms with Crippen molar-refractivity contribution in [3.63, 3.8) is 0 Å². The fraction of sp³-hybridized carbons (Fsp3) is 0.371. The van der Waals surface area contributed by atoms with Crippen LogP contribution in [0.5, 0.6) is 0 Å². The molecule has 0 saturated carbocycles. The number of allylic oxidation sites excluding steroid dienone is 2. The molecule has 0 fully saturated rings. The van der Waals surface area contributed by atoms with E-state index in [0.717, 1.165) is 39.2 Å². The molecule has 0 amide bonds. The van der Waals surface area contributed by atoms with Crippen molar-refractivity contribution in [2.24, 2.45) is 0 Å². The van der Waals surface area contributed by atoms with Gasteiger partial charge in [0.05, 0.1) is 11.3 Å². The molecule has 0 atom stereocenters. The van der Waals surface area contributed by atoms with Crippen molar-refractivity contribution in [1.29, 1.82) is 0 Å². The average molecular weight is 717 g/mol. The number of aromatic nitrogens is 1. The first-order chi connectivity index (χ1) is 18.1. The second-order valence-corrected chi connectivity index (χ2v) is 12.0. The maximum atomic E-state index is 10.0. The Hall–Kier alpha value is -3.01. The number of nitrogens with zero attached hydrogens (tertiary/aromatic N) is 1. The first-order valence-electron chi connectivity index (χ1n) is 13.6. The minimum absolute atomic E-state index is 0. The topological polar surface area (TPSA) is 63.3 Å². The number of pyridine rings is 1. The molecule has 5 heteroatoms. The Balaban J connectivity index is 0.000000623. The van der Waals surface area contributed by atoms with E-state index in [0.29, 0.717) is 11.8 Å². The van der Waals surface area contributed by atoms with Gasteiger partial charge in [0, 0.05) is 37.8 Å². The Kier molecular flexibility index (Phi) is 11.3. The van der Waals surface area contributed by atoms with E-state index in [4.69, 9.17) is 14.5 Å². The van der Waals surface area contributed by atoms with Gasteiger partial charge in [-0.1, -0.05) is 67.5 Å². The van der Waals surface area contributed by atoms with Crippen LogP contribution in [0.4, 0.5) is 0 Å². The van der Waals surface area contributed by atoms with Crippen molar-refractivity contribution in [3.8, 4) is 22.6 Å². The summed E-state index contributed by atoms with van der Waals surface area (Å²) < 4.78 is 6.24. The fourth-order valence-corrected chi connectivity index (χ4v) is 4.28. The number of furan rings is 1. The van der Waals surface area contributed by atoms with E-state index in [1.165, 1.54) is 36.6 Å². The van der Waals surface area contributed by atoms with Crippen LogP contribution in [0.2, 0.25) is 0 Å². The molecule has 2 aromatic carbocycles. The van der Waals surface area contributed by atoms with Crippen molar-refractivity contribution in [2.45, 2.75) is 86.5 Å². The molecule has 40 heavy (non-hydrogen) atoms. The number of aryl methyl sites for hydroxylation is 1. The van der Waals surface area contributed by atoms with E-state index in [9.17, 15) is 4.79 Å². The van der Waals surface area contributed by atoms with Gasteiger partial charge in [0.25, 0.3) is 0 Å². The summed E-state index contributed by atoms with van der Waals surface area (Å²) in [6.07, 6.45) is 1.17. The van der Waals surface area contributed by atoms with Gasteiger partial charge in [-0.05, 0) is 66.1 Å². The maximum absolute atomic E-state index is 10.0. The third kappa shape index (κ3) is 8.74. The Morgan fingerprint density at radius 2 is 1.55 bits per heavy atom. The molecule has 4 nitrogen and oxygen atoms in total. The van der Waals surface area contributed by atoms with E-state index in [2.05, 4.69) is 97.9 Å². The number of ketones is 1. The van der Waals surface area contributed by atoms with Gasteiger partial charge in [-0.15, -0.1) is 34.9 Å². The van der Waals surface area contributed by atoms with Gasteiger partial charge >= 0.3 is 0 Å². The number of rotatable bonds is 5. The third-order valence-electron chi connectivity index (χ3n) is 6.53. The summed E-state index contributed by atoms with van der Waals surface area (Å²) in [6.45, 7) is 20.6. The van der Waals surface area contributed by atoms with E-state index in [1.54, 1.807) is 0 Å². The normalized spacial score (nSPS) is 11.8. The van der Waals surface area contributed by atoms with Crippen LogP contribution >= 0.6 is 0 Å². The molecule has 2 aromatic heterocycles. The van der Waals surface area contributed by atoms with Gasteiger partial charge < -0.3 is 9.52 Å². The van der Waals surface area contributed by atoms with Crippen LogP contribution in [-0.4, -0.2) is 15.9 Å². The van der Waals surface area contributed by atoms with Crippen LogP contribution < -0.4 is 0 Å². The molecule has 0 bridgehead atoms. The summed E-state index contributed by atoms with van der Waals surface area (Å²) in [5.41, 5.74) is 9.96. The average Bonchev–Trinajstić information content (AvgIpc) is 3.26. The Labute approximate surface area is 253 Å². The molecule has 4 aromatic rings. The monoisotopic (exact) mass is 717 g/mol. The largest absolute Gasteiger partial charge is 0.512 e. The number of hydrogen-bond acceptors (Lipinski definition) is 4. The zero-order valence-corrected chi connectivity index (χ0v) is 27.8. The SMILES string of the molecule is CC(=O)/C=C(/C)O.Cc1[c-]c(-c2ccc3oc(-c4cc(C(C)C)cc(C(C)C)c4)cc3n2)cc(C(C)(C)C)c1.[Ir]. The summed E-state index contributed by atoms with van der Waals surface area (Å²) >= 11 is 0. The molecule has 215 valence electrons. The molecule has 0 unspecified atom stereocenters. The van der Waals surface area contributed by atoms with E-state index in [1.807, 2.05) is 12.1 Å². The number of hydrogen-bond donors (Lipinski definition) is 1. The fourth-order valence-electron chi connectivity index (χ4n) is 4.28. The van der Waals surface area contributed by atoms with Gasteiger partial charge in [-0.3, -0.25) is 9.78 Å². The summed E-state index contributed by atoms with van der Waals surface area (Å²) in [5.74, 6) is 1.75. The molecule has 0 aliphatic rings. The number of aliphatic hydroxyl groups excluding tert-OH is 1. The zero-order valence-electron chi connectivity index (χ0n) is 25.4. The minimum Gasteiger partial charge on any atom is -0.512 e. The molecule has 2 heterocycles. The molecular formula is C35H42IrNO3-. The van der Waals surface area contributed by atoms with E-state index in [-0.39, 0.29) is 37.1 Å². The number of aliphatic hydroxyl groups is 1. The summed E-state index contributed by atoms with van der Waals surface area (Å²) in [6, 6.07) is 20.9. The first-order valence-corrected chi connectivity index (χ1v) is 13.6. The maximum Gasteiger partial charge on any atom is 0.155 e. The molecule has 4 rings (SSSR count). The van der Waals surface area contributed by atoms with E-state index >= 15 is 0 Å². The van der Waals surface area contributed by atoms with Crippen LogP contribution in [-0.2, 0) is 30.3 Å². The van der Waals surface area contributed by atoms with Crippen LogP contribution in [0.25, 0.3) is 33.7 Å². The predicted octanol–water partition coefficient (Wildman–Crippen LogP) is 9.85. The quantitative estimate of drug-likeness (QED) is 0.127.